The Morgan fingerprint density at radius 3 is 2.50 bits per heavy atom. The summed E-state index contributed by atoms with van der Waals surface area (Å²) < 4.78 is 0. The molecule has 0 radical (unpaired) electrons. The quantitative estimate of drug-likeness (QED) is 0.433. The number of anilines is 2. The molecule has 1 amide bonds. The number of H-pyrrole nitrogens is 1. The van der Waals surface area contributed by atoms with Crippen molar-refractivity contribution in [3.63, 3.8) is 0 Å². The van der Waals surface area contributed by atoms with Crippen molar-refractivity contribution in [3.05, 3.63) is 71.8 Å². The molecular formula is C24H25N5O. The topological polar surface area (TPSA) is 82.7 Å². The minimum Gasteiger partial charge on any atom is -0.359 e. The predicted molar refractivity (Wildman–Crippen MR) is 121 cm³/mol. The molecule has 3 aromatic heterocycles. The highest BCUT2D eigenvalue weighted by atomic mass is 16.1. The van der Waals surface area contributed by atoms with Gasteiger partial charge >= 0.3 is 0 Å². The van der Waals surface area contributed by atoms with Gasteiger partial charge in [-0.25, -0.2) is 9.97 Å². The van der Waals surface area contributed by atoms with Crippen molar-refractivity contribution < 1.29 is 4.79 Å². The average Bonchev–Trinajstić information content (AvgIpc) is 3.17. The van der Waals surface area contributed by atoms with Crippen molar-refractivity contribution in [2.75, 3.05) is 12.4 Å². The maximum atomic E-state index is 12.1. The van der Waals surface area contributed by atoms with Gasteiger partial charge < -0.3 is 15.6 Å². The smallest absolute Gasteiger partial charge is 0.271 e. The minimum absolute atomic E-state index is 0.216. The van der Waals surface area contributed by atoms with Gasteiger partial charge in [0.05, 0.1) is 5.52 Å². The van der Waals surface area contributed by atoms with E-state index >= 15 is 0 Å². The molecule has 0 bridgehead atoms. The number of carbonyl (C=O) groups excluding carboxylic acids is 1. The molecule has 0 saturated heterocycles. The monoisotopic (exact) mass is 399 g/mol. The van der Waals surface area contributed by atoms with Gasteiger partial charge in [-0.05, 0) is 48.2 Å². The van der Waals surface area contributed by atoms with Gasteiger partial charge in [0.15, 0.2) is 5.69 Å². The molecule has 6 heteroatoms. The van der Waals surface area contributed by atoms with Gasteiger partial charge in [-0.15, -0.1) is 0 Å². The Morgan fingerprint density at radius 1 is 1.07 bits per heavy atom. The lowest BCUT2D eigenvalue weighted by molar-refractivity contribution is 0.0960. The molecule has 0 aliphatic rings. The first kappa shape index (κ1) is 19.6. The van der Waals surface area contributed by atoms with Crippen LogP contribution in [0.1, 0.15) is 41.4 Å². The van der Waals surface area contributed by atoms with Crippen LogP contribution in [0.25, 0.3) is 22.0 Å². The summed E-state index contributed by atoms with van der Waals surface area (Å²) in [6, 6.07) is 12.4. The van der Waals surface area contributed by atoms with Crippen LogP contribution in [0.5, 0.6) is 0 Å². The number of amides is 1. The third-order valence-electron chi connectivity index (χ3n) is 5.29. The number of nitrogens with zero attached hydrogens (tertiary/aromatic N) is 2. The van der Waals surface area contributed by atoms with E-state index in [1.807, 2.05) is 24.5 Å². The number of nitrogens with one attached hydrogen (secondary N) is 3. The van der Waals surface area contributed by atoms with Crippen molar-refractivity contribution in [3.8, 4) is 11.1 Å². The number of benzene rings is 1. The van der Waals surface area contributed by atoms with E-state index in [1.54, 1.807) is 13.2 Å². The molecule has 3 N–H and O–H groups in total. The summed E-state index contributed by atoms with van der Waals surface area (Å²) in [6.07, 6.45) is 5.42. The summed E-state index contributed by atoms with van der Waals surface area (Å²) in [4.78, 5) is 24.1. The van der Waals surface area contributed by atoms with E-state index in [1.165, 1.54) is 5.56 Å². The molecule has 0 fully saturated rings. The summed E-state index contributed by atoms with van der Waals surface area (Å²) in [5, 5.41) is 6.95. The highest BCUT2D eigenvalue weighted by molar-refractivity contribution is 6.07. The van der Waals surface area contributed by atoms with Crippen LogP contribution >= 0.6 is 0 Å². The number of hydrogen-bond donors (Lipinski definition) is 3. The largest absolute Gasteiger partial charge is 0.359 e. The zero-order valence-corrected chi connectivity index (χ0v) is 17.6. The number of aryl methyl sites for hydroxylation is 1. The second-order valence-electron chi connectivity index (χ2n) is 7.65. The van der Waals surface area contributed by atoms with Crippen LogP contribution in [0, 0.1) is 6.92 Å². The van der Waals surface area contributed by atoms with Crippen LogP contribution in [0.15, 0.2) is 55.0 Å². The van der Waals surface area contributed by atoms with Crippen molar-refractivity contribution in [1.29, 1.82) is 0 Å². The summed E-state index contributed by atoms with van der Waals surface area (Å²) in [6.45, 7) is 6.43. The molecule has 0 aliphatic carbocycles. The molecule has 1 aromatic carbocycles. The molecule has 0 saturated carbocycles. The second-order valence-corrected chi connectivity index (χ2v) is 7.65. The standard InChI is InChI=1S/C24H25N5O/c1-14(2)16-5-7-17(8-6-16)29-21-11-15(3)19(12-27-21)20-13-28-22-18(20)9-10-26-23(22)24(30)25-4/h5-14,28H,1-4H3,(H,25,30)(H,27,29). The van der Waals surface area contributed by atoms with E-state index in [4.69, 9.17) is 0 Å². The third kappa shape index (κ3) is 3.64. The van der Waals surface area contributed by atoms with E-state index in [0.717, 1.165) is 39.1 Å². The molecule has 6 nitrogen and oxygen atoms in total. The molecule has 0 unspecified atom stereocenters. The summed E-state index contributed by atoms with van der Waals surface area (Å²) in [5.74, 6) is 1.09. The number of fused-ring (bicyclic) bond motifs is 1. The number of carbonyl (C=O) groups is 1. The highest BCUT2D eigenvalue weighted by Crippen LogP contribution is 2.32. The average molecular weight is 399 g/mol. The van der Waals surface area contributed by atoms with Gasteiger partial charge in [0.1, 0.15) is 5.82 Å². The van der Waals surface area contributed by atoms with Gasteiger partial charge in [0.25, 0.3) is 5.91 Å². The van der Waals surface area contributed by atoms with Crippen LogP contribution < -0.4 is 10.6 Å². The lowest BCUT2D eigenvalue weighted by Crippen LogP contribution is -2.19. The molecule has 30 heavy (non-hydrogen) atoms. The molecule has 3 heterocycles. The summed E-state index contributed by atoms with van der Waals surface area (Å²) >= 11 is 0. The lowest BCUT2D eigenvalue weighted by Gasteiger charge is -2.11. The number of hydrogen-bond acceptors (Lipinski definition) is 4. The van der Waals surface area contributed by atoms with Crippen LogP contribution in [-0.4, -0.2) is 27.9 Å². The van der Waals surface area contributed by atoms with Crippen LogP contribution in [-0.2, 0) is 0 Å². The Labute approximate surface area is 175 Å². The first-order valence-electron chi connectivity index (χ1n) is 10.00. The zero-order chi connectivity index (χ0) is 21.3. The maximum absolute atomic E-state index is 12.1. The maximum Gasteiger partial charge on any atom is 0.271 e. The van der Waals surface area contributed by atoms with Gasteiger partial charge in [-0.1, -0.05) is 26.0 Å². The second kappa shape index (κ2) is 7.99. The predicted octanol–water partition coefficient (Wildman–Crippen LogP) is 5.16. The first-order valence-corrected chi connectivity index (χ1v) is 10.00. The molecule has 0 spiro atoms. The molecule has 152 valence electrons. The lowest BCUT2D eigenvalue weighted by atomic mass is 10.0. The SMILES string of the molecule is CNC(=O)c1nccc2c(-c3cnc(Nc4ccc(C(C)C)cc4)cc3C)c[nH]c12. The van der Waals surface area contributed by atoms with Gasteiger partial charge in [-0.2, -0.15) is 0 Å². The molecular weight excluding hydrogens is 374 g/mol. The van der Waals surface area contributed by atoms with E-state index < -0.39 is 0 Å². The highest BCUT2D eigenvalue weighted by Gasteiger charge is 2.16. The summed E-state index contributed by atoms with van der Waals surface area (Å²) in [7, 11) is 1.60. The molecule has 4 aromatic rings. The number of pyridine rings is 2. The Kier molecular flexibility index (Phi) is 5.23. The number of aromatic amines is 1. The zero-order valence-electron chi connectivity index (χ0n) is 17.6. The van der Waals surface area contributed by atoms with E-state index in [0.29, 0.717) is 11.6 Å². The van der Waals surface area contributed by atoms with E-state index in [2.05, 4.69) is 70.6 Å². The van der Waals surface area contributed by atoms with Gasteiger partial charge in [0, 0.05) is 47.8 Å². The first-order chi connectivity index (χ1) is 14.5. The normalized spacial score (nSPS) is 11.1. The van der Waals surface area contributed by atoms with Crippen molar-refractivity contribution in [2.24, 2.45) is 0 Å². The molecule has 0 aliphatic heterocycles. The third-order valence-corrected chi connectivity index (χ3v) is 5.29. The number of aromatic nitrogens is 3. The van der Waals surface area contributed by atoms with E-state index in [9.17, 15) is 4.79 Å². The number of rotatable bonds is 5. The van der Waals surface area contributed by atoms with Gasteiger partial charge in [0.2, 0.25) is 0 Å². The van der Waals surface area contributed by atoms with Crippen LogP contribution in [0.3, 0.4) is 0 Å². The summed E-state index contributed by atoms with van der Waals surface area (Å²) in [5.41, 5.74) is 6.52. The fourth-order valence-corrected chi connectivity index (χ4v) is 3.57. The van der Waals surface area contributed by atoms with Gasteiger partial charge in [-0.3, -0.25) is 4.79 Å². The molecule has 0 atom stereocenters. The van der Waals surface area contributed by atoms with Crippen molar-refractivity contribution in [2.45, 2.75) is 26.7 Å². The Bertz CT molecular complexity index is 1210. The van der Waals surface area contributed by atoms with Crippen LogP contribution in [0.4, 0.5) is 11.5 Å². The van der Waals surface area contributed by atoms with Crippen LogP contribution in [0.2, 0.25) is 0 Å². The minimum atomic E-state index is -0.216. The Morgan fingerprint density at radius 2 is 1.83 bits per heavy atom. The fourth-order valence-electron chi connectivity index (χ4n) is 3.57. The van der Waals surface area contributed by atoms with Crippen molar-refractivity contribution >= 4 is 28.3 Å². The van der Waals surface area contributed by atoms with Crippen molar-refractivity contribution in [1.82, 2.24) is 20.3 Å². The Hall–Kier alpha value is -3.67. The molecule has 4 rings (SSSR count). The fraction of sp³-hybridized carbons (Fsp3) is 0.208. The Balaban J connectivity index is 1.64. The van der Waals surface area contributed by atoms with E-state index in [-0.39, 0.29) is 5.91 Å².